The Balaban J connectivity index is 1.28. The van der Waals surface area contributed by atoms with E-state index in [4.69, 9.17) is 0 Å². The van der Waals surface area contributed by atoms with E-state index in [-0.39, 0.29) is 22.9 Å². The number of carboxylic acid groups (broad SMARTS) is 1. The molecule has 3 aromatic carbocycles. The van der Waals surface area contributed by atoms with E-state index in [0.29, 0.717) is 35.5 Å². The van der Waals surface area contributed by atoms with Crippen LogP contribution in [0.5, 0.6) is 0 Å². The van der Waals surface area contributed by atoms with Gasteiger partial charge in [0.05, 0.1) is 22.3 Å². The smallest absolute Gasteiger partial charge is 0.336 e. The first kappa shape index (κ1) is 22.3. The van der Waals surface area contributed by atoms with Crippen LogP contribution in [0.25, 0.3) is 0 Å². The number of thioether (sulfide) groups is 1. The van der Waals surface area contributed by atoms with E-state index in [9.17, 15) is 24.3 Å². The third-order valence-corrected chi connectivity index (χ3v) is 6.29. The van der Waals surface area contributed by atoms with Crippen molar-refractivity contribution >= 4 is 41.1 Å². The first-order valence-corrected chi connectivity index (χ1v) is 11.3. The average molecular weight is 461 g/mol. The number of aromatic carboxylic acids is 1. The quantitative estimate of drug-likeness (QED) is 0.293. The maximum Gasteiger partial charge on any atom is 0.336 e. The van der Waals surface area contributed by atoms with Gasteiger partial charge in [-0.15, -0.1) is 11.8 Å². The van der Waals surface area contributed by atoms with Gasteiger partial charge in [0.15, 0.2) is 0 Å². The Morgan fingerprint density at radius 3 is 2.00 bits per heavy atom. The number of fused-ring (bicyclic) bond motifs is 1. The fourth-order valence-electron chi connectivity index (χ4n) is 3.56. The van der Waals surface area contributed by atoms with Gasteiger partial charge in [0, 0.05) is 17.1 Å². The lowest BCUT2D eigenvalue weighted by atomic mass is 10.1. The monoisotopic (exact) mass is 460 g/mol. The van der Waals surface area contributed by atoms with E-state index in [1.807, 2.05) is 12.1 Å². The van der Waals surface area contributed by atoms with Crippen LogP contribution in [-0.2, 0) is 0 Å². The van der Waals surface area contributed by atoms with Gasteiger partial charge in [-0.25, -0.2) is 4.79 Å². The Hall–Kier alpha value is -3.91. The van der Waals surface area contributed by atoms with Crippen molar-refractivity contribution in [2.45, 2.75) is 11.3 Å². The van der Waals surface area contributed by atoms with Crippen molar-refractivity contribution in [3.63, 3.8) is 0 Å². The highest BCUT2D eigenvalue weighted by molar-refractivity contribution is 7.99. The third kappa shape index (κ3) is 4.80. The van der Waals surface area contributed by atoms with Gasteiger partial charge in [-0.2, -0.15) is 0 Å². The standard InChI is InChI=1S/C25H20N2O5S/c28-22(18-6-1-4-9-21(18)25(31)32)26-16-10-12-17(13-11-16)33-15-5-14-27-23(29)19-7-2-3-8-20(19)24(27)30/h1-4,6-13H,5,14-15H2,(H,26,28)(H,31,32). The van der Waals surface area contributed by atoms with E-state index in [2.05, 4.69) is 5.32 Å². The van der Waals surface area contributed by atoms with Crippen LogP contribution in [0.4, 0.5) is 5.69 Å². The summed E-state index contributed by atoms with van der Waals surface area (Å²) in [6.07, 6.45) is 0.653. The molecule has 0 aromatic heterocycles. The molecule has 2 N–H and O–H groups in total. The maximum absolute atomic E-state index is 12.5. The molecule has 0 bridgehead atoms. The maximum atomic E-state index is 12.5. The number of rotatable bonds is 8. The summed E-state index contributed by atoms with van der Waals surface area (Å²) in [5, 5.41) is 12.0. The second kappa shape index (κ2) is 9.70. The van der Waals surface area contributed by atoms with Gasteiger partial charge >= 0.3 is 5.97 Å². The van der Waals surface area contributed by atoms with E-state index in [1.54, 1.807) is 60.3 Å². The third-order valence-electron chi connectivity index (χ3n) is 5.19. The zero-order valence-corrected chi connectivity index (χ0v) is 18.3. The van der Waals surface area contributed by atoms with E-state index in [0.717, 1.165) is 4.90 Å². The Morgan fingerprint density at radius 2 is 1.39 bits per heavy atom. The molecular weight excluding hydrogens is 440 g/mol. The molecule has 0 saturated carbocycles. The molecule has 0 aliphatic carbocycles. The van der Waals surface area contributed by atoms with Gasteiger partial charge < -0.3 is 10.4 Å². The largest absolute Gasteiger partial charge is 0.478 e. The molecule has 0 spiro atoms. The van der Waals surface area contributed by atoms with Gasteiger partial charge in [-0.05, 0) is 60.7 Å². The summed E-state index contributed by atoms with van der Waals surface area (Å²) in [6, 6.07) is 20.1. The van der Waals surface area contributed by atoms with Crippen LogP contribution in [-0.4, -0.2) is 46.0 Å². The number of benzene rings is 3. The molecule has 166 valence electrons. The minimum Gasteiger partial charge on any atom is -0.478 e. The number of hydrogen-bond acceptors (Lipinski definition) is 5. The molecule has 0 saturated heterocycles. The van der Waals surface area contributed by atoms with Crippen LogP contribution < -0.4 is 5.32 Å². The normalized spacial score (nSPS) is 12.5. The lowest BCUT2D eigenvalue weighted by Crippen LogP contribution is -2.30. The molecule has 0 radical (unpaired) electrons. The molecule has 0 unspecified atom stereocenters. The van der Waals surface area contributed by atoms with Gasteiger partial charge in [-0.1, -0.05) is 24.3 Å². The zero-order valence-electron chi connectivity index (χ0n) is 17.5. The number of carbonyl (C=O) groups is 4. The predicted octanol–water partition coefficient (Wildman–Crippen LogP) is 4.42. The average Bonchev–Trinajstić information content (AvgIpc) is 3.07. The minimum atomic E-state index is -1.16. The second-order valence-corrected chi connectivity index (χ2v) is 8.51. The highest BCUT2D eigenvalue weighted by Gasteiger charge is 2.34. The first-order valence-electron chi connectivity index (χ1n) is 10.3. The highest BCUT2D eigenvalue weighted by Crippen LogP contribution is 2.25. The first-order chi connectivity index (χ1) is 16.0. The molecule has 7 nitrogen and oxygen atoms in total. The summed E-state index contributed by atoms with van der Waals surface area (Å²) in [5.41, 5.74) is 1.50. The molecule has 1 aliphatic rings. The molecule has 1 aliphatic heterocycles. The van der Waals surface area contributed by atoms with Crippen LogP contribution in [0, 0.1) is 0 Å². The fraction of sp³-hybridized carbons (Fsp3) is 0.120. The highest BCUT2D eigenvalue weighted by atomic mass is 32.2. The van der Waals surface area contributed by atoms with E-state index >= 15 is 0 Å². The van der Waals surface area contributed by atoms with Crippen LogP contribution in [0.1, 0.15) is 47.9 Å². The number of nitrogens with one attached hydrogen (secondary N) is 1. The van der Waals surface area contributed by atoms with Crippen molar-refractivity contribution in [2.75, 3.05) is 17.6 Å². The van der Waals surface area contributed by atoms with Crippen LogP contribution in [0.15, 0.2) is 77.7 Å². The summed E-state index contributed by atoms with van der Waals surface area (Å²) in [6.45, 7) is 0.358. The lowest BCUT2D eigenvalue weighted by Gasteiger charge is -2.13. The Kier molecular flexibility index (Phi) is 6.55. The number of amides is 3. The van der Waals surface area contributed by atoms with Crippen molar-refractivity contribution in [2.24, 2.45) is 0 Å². The van der Waals surface area contributed by atoms with E-state index < -0.39 is 11.9 Å². The summed E-state index contributed by atoms with van der Waals surface area (Å²) in [7, 11) is 0. The molecule has 0 atom stereocenters. The molecule has 4 rings (SSSR count). The number of nitrogens with zero attached hydrogens (tertiary/aromatic N) is 1. The summed E-state index contributed by atoms with van der Waals surface area (Å²) in [5.74, 6) is -1.43. The van der Waals surface area contributed by atoms with Crippen LogP contribution >= 0.6 is 11.8 Å². The lowest BCUT2D eigenvalue weighted by molar-refractivity contribution is 0.0651. The molecule has 1 heterocycles. The summed E-state index contributed by atoms with van der Waals surface area (Å²) >= 11 is 1.58. The van der Waals surface area contributed by atoms with Gasteiger partial charge in [0.25, 0.3) is 17.7 Å². The van der Waals surface area contributed by atoms with Crippen LogP contribution in [0.3, 0.4) is 0 Å². The van der Waals surface area contributed by atoms with Gasteiger partial charge in [-0.3, -0.25) is 19.3 Å². The molecule has 33 heavy (non-hydrogen) atoms. The number of carbonyl (C=O) groups excluding carboxylic acids is 3. The molecule has 3 aromatic rings. The van der Waals surface area contributed by atoms with Gasteiger partial charge in [0.2, 0.25) is 0 Å². The Labute approximate surface area is 194 Å². The number of anilines is 1. The number of imide groups is 1. The molecular formula is C25H20N2O5S. The van der Waals surface area contributed by atoms with Crippen molar-refractivity contribution in [3.8, 4) is 0 Å². The van der Waals surface area contributed by atoms with E-state index in [1.165, 1.54) is 17.0 Å². The second-order valence-electron chi connectivity index (χ2n) is 7.34. The van der Waals surface area contributed by atoms with Crippen LogP contribution in [0.2, 0.25) is 0 Å². The minimum absolute atomic E-state index is 0.0553. The number of carboxylic acids is 1. The summed E-state index contributed by atoms with van der Waals surface area (Å²) in [4.78, 5) is 50.8. The van der Waals surface area contributed by atoms with Crippen molar-refractivity contribution in [1.29, 1.82) is 0 Å². The number of hydrogen-bond donors (Lipinski definition) is 2. The molecule has 0 fully saturated rings. The predicted molar refractivity (Wildman–Crippen MR) is 125 cm³/mol. The Morgan fingerprint density at radius 1 is 0.818 bits per heavy atom. The topological polar surface area (TPSA) is 104 Å². The van der Waals surface area contributed by atoms with Crippen molar-refractivity contribution < 1.29 is 24.3 Å². The Bertz CT molecular complexity index is 1200. The SMILES string of the molecule is O=C(O)c1ccccc1C(=O)Nc1ccc(SCCCN2C(=O)c3ccccc3C2=O)cc1. The molecule has 8 heteroatoms. The van der Waals surface area contributed by atoms with Crippen molar-refractivity contribution in [1.82, 2.24) is 4.90 Å². The zero-order chi connectivity index (χ0) is 23.4. The fourth-order valence-corrected chi connectivity index (χ4v) is 4.39. The molecule has 3 amide bonds. The van der Waals surface area contributed by atoms with Crippen molar-refractivity contribution in [3.05, 3.63) is 95.1 Å². The summed E-state index contributed by atoms with van der Waals surface area (Å²) < 4.78 is 0. The van der Waals surface area contributed by atoms with Gasteiger partial charge in [0.1, 0.15) is 0 Å².